The largest absolute Gasteiger partial charge is 0.342 e. The molecule has 1 saturated heterocycles. The Morgan fingerprint density at radius 1 is 1.14 bits per heavy atom. The first-order valence-electron chi connectivity index (χ1n) is 10.2. The second kappa shape index (κ2) is 8.71. The highest BCUT2D eigenvalue weighted by molar-refractivity contribution is 5.93. The summed E-state index contributed by atoms with van der Waals surface area (Å²) >= 11 is 0. The van der Waals surface area contributed by atoms with Crippen LogP contribution in [0.3, 0.4) is 0 Å². The van der Waals surface area contributed by atoms with Crippen molar-refractivity contribution in [3.05, 3.63) is 23.9 Å². The maximum absolute atomic E-state index is 13.2. The number of likely N-dealkylation sites (tertiary alicyclic amines) is 1. The summed E-state index contributed by atoms with van der Waals surface area (Å²) in [6.45, 7) is 4.51. The van der Waals surface area contributed by atoms with Crippen molar-refractivity contribution >= 4 is 23.5 Å². The lowest BCUT2D eigenvalue weighted by molar-refractivity contribution is -0.145. The van der Waals surface area contributed by atoms with E-state index in [9.17, 15) is 14.4 Å². The van der Waals surface area contributed by atoms with Crippen LogP contribution in [0.25, 0.3) is 0 Å². The predicted molar refractivity (Wildman–Crippen MR) is 107 cm³/mol. The molecule has 3 amide bonds. The zero-order chi connectivity index (χ0) is 20.1. The van der Waals surface area contributed by atoms with Gasteiger partial charge in [0.05, 0.1) is 0 Å². The quantitative estimate of drug-likeness (QED) is 0.831. The van der Waals surface area contributed by atoms with Gasteiger partial charge >= 0.3 is 0 Å². The van der Waals surface area contributed by atoms with E-state index in [1.807, 2.05) is 24.0 Å². The highest BCUT2D eigenvalue weighted by Gasteiger charge is 2.43. The van der Waals surface area contributed by atoms with Gasteiger partial charge < -0.3 is 15.5 Å². The van der Waals surface area contributed by atoms with Gasteiger partial charge in [-0.3, -0.25) is 14.4 Å². The number of amides is 3. The minimum absolute atomic E-state index is 0.0154. The SMILES string of the molecule is CC(=O)NC1(C(=O)N2CCC(C(=O)Nc3cc(C)ccn3)CC2)CCCCC1. The molecule has 1 aliphatic heterocycles. The number of anilines is 1. The van der Waals surface area contributed by atoms with E-state index in [1.165, 1.54) is 6.92 Å². The number of pyridine rings is 1. The molecule has 0 radical (unpaired) electrons. The third-order valence-electron chi connectivity index (χ3n) is 5.85. The molecule has 1 aromatic rings. The molecule has 0 aromatic carbocycles. The normalized spacial score (nSPS) is 19.7. The van der Waals surface area contributed by atoms with Gasteiger partial charge in [-0.25, -0.2) is 4.98 Å². The molecule has 28 heavy (non-hydrogen) atoms. The summed E-state index contributed by atoms with van der Waals surface area (Å²) in [6.07, 6.45) is 7.33. The second-order valence-corrected chi connectivity index (χ2v) is 8.10. The summed E-state index contributed by atoms with van der Waals surface area (Å²) in [5.41, 5.74) is 0.284. The fourth-order valence-corrected chi connectivity index (χ4v) is 4.36. The smallest absolute Gasteiger partial charge is 0.248 e. The van der Waals surface area contributed by atoms with Crippen LogP contribution in [0.5, 0.6) is 0 Å². The van der Waals surface area contributed by atoms with E-state index in [0.717, 1.165) is 24.8 Å². The Hall–Kier alpha value is -2.44. The fraction of sp³-hybridized carbons (Fsp3) is 0.619. The number of nitrogens with zero attached hydrogens (tertiary/aromatic N) is 2. The monoisotopic (exact) mass is 386 g/mol. The molecule has 7 nitrogen and oxygen atoms in total. The maximum atomic E-state index is 13.2. The molecule has 0 bridgehead atoms. The van der Waals surface area contributed by atoms with Crippen LogP contribution in [0.1, 0.15) is 57.4 Å². The van der Waals surface area contributed by atoms with Crippen LogP contribution in [-0.4, -0.2) is 46.2 Å². The average molecular weight is 386 g/mol. The second-order valence-electron chi connectivity index (χ2n) is 8.10. The molecule has 0 atom stereocenters. The minimum Gasteiger partial charge on any atom is -0.342 e. The molecule has 0 spiro atoms. The van der Waals surface area contributed by atoms with Crippen molar-refractivity contribution in [2.24, 2.45) is 5.92 Å². The van der Waals surface area contributed by atoms with Crippen molar-refractivity contribution in [2.75, 3.05) is 18.4 Å². The summed E-state index contributed by atoms with van der Waals surface area (Å²) in [7, 11) is 0. The zero-order valence-corrected chi connectivity index (χ0v) is 16.8. The molecule has 2 heterocycles. The molecule has 2 aliphatic rings. The van der Waals surface area contributed by atoms with Crippen LogP contribution in [0.15, 0.2) is 18.3 Å². The van der Waals surface area contributed by atoms with Crippen molar-refractivity contribution in [2.45, 2.75) is 64.3 Å². The lowest BCUT2D eigenvalue weighted by Gasteiger charge is -2.42. The Bertz CT molecular complexity index is 735. The molecule has 7 heteroatoms. The summed E-state index contributed by atoms with van der Waals surface area (Å²) in [5, 5.41) is 5.83. The molecule has 2 N–H and O–H groups in total. The standard InChI is InChI=1S/C21H30N4O3/c1-15-6-11-22-18(14-15)23-19(27)17-7-12-25(13-8-17)20(28)21(24-16(2)26)9-4-3-5-10-21/h6,11,14,17H,3-5,7-10,12-13H2,1-2H3,(H,24,26)(H,22,23,27). The van der Waals surface area contributed by atoms with Gasteiger partial charge in [-0.2, -0.15) is 0 Å². The highest BCUT2D eigenvalue weighted by Crippen LogP contribution is 2.32. The molecule has 0 unspecified atom stereocenters. The predicted octanol–water partition coefficient (Wildman–Crippen LogP) is 2.41. The van der Waals surface area contributed by atoms with E-state index in [2.05, 4.69) is 15.6 Å². The Kier molecular flexibility index (Phi) is 6.31. The molecule has 1 aromatic heterocycles. The number of hydrogen-bond acceptors (Lipinski definition) is 4. The van der Waals surface area contributed by atoms with Gasteiger partial charge in [0, 0.05) is 32.1 Å². The highest BCUT2D eigenvalue weighted by atomic mass is 16.2. The van der Waals surface area contributed by atoms with Crippen LogP contribution < -0.4 is 10.6 Å². The van der Waals surface area contributed by atoms with Gasteiger partial charge in [0.1, 0.15) is 11.4 Å². The number of aryl methyl sites for hydroxylation is 1. The number of carbonyl (C=O) groups is 3. The summed E-state index contributed by atoms with van der Waals surface area (Å²) in [4.78, 5) is 43.5. The van der Waals surface area contributed by atoms with Gasteiger partial charge in [-0.05, 0) is 50.3 Å². The average Bonchev–Trinajstić information content (AvgIpc) is 2.68. The summed E-state index contributed by atoms with van der Waals surface area (Å²) in [6, 6.07) is 3.73. The van der Waals surface area contributed by atoms with E-state index in [4.69, 9.17) is 0 Å². The molecule has 2 fully saturated rings. The van der Waals surface area contributed by atoms with Crippen LogP contribution in [0, 0.1) is 12.8 Å². The molecule has 1 aliphatic carbocycles. The fourth-order valence-electron chi connectivity index (χ4n) is 4.36. The van der Waals surface area contributed by atoms with Crippen molar-refractivity contribution in [3.63, 3.8) is 0 Å². The summed E-state index contributed by atoms with van der Waals surface area (Å²) in [5.74, 6) is 0.251. The minimum atomic E-state index is -0.759. The lowest BCUT2D eigenvalue weighted by Crippen LogP contribution is -2.61. The van der Waals surface area contributed by atoms with E-state index in [-0.39, 0.29) is 23.6 Å². The van der Waals surface area contributed by atoms with Crippen molar-refractivity contribution in [1.82, 2.24) is 15.2 Å². The van der Waals surface area contributed by atoms with E-state index in [0.29, 0.717) is 44.6 Å². The van der Waals surface area contributed by atoms with Gasteiger partial charge in [-0.1, -0.05) is 19.3 Å². The number of aromatic nitrogens is 1. The number of hydrogen-bond donors (Lipinski definition) is 2. The van der Waals surface area contributed by atoms with Crippen molar-refractivity contribution < 1.29 is 14.4 Å². The molecular weight excluding hydrogens is 356 g/mol. The number of nitrogens with one attached hydrogen (secondary N) is 2. The lowest BCUT2D eigenvalue weighted by atomic mass is 9.79. The molecular formula is C21H30N4O3. The number of carbonyl (C=O) groups excluding carboxylic acids is 3. The Morgan fingerprint density at radius 3 is 2.43 bits per heavy atom. The van der Waals surface area contributed by atoms with Crippen LogP contribution in [0.4, 0.5) is 5.82 Å². The third kappa shape index (κ3) is 4.69. The first-order valence-corrected chi connectivity index (χ1v) is 10.2. The Morgan fingerprint density at radius 2 is 1.82 bits per heavy atom. The molecule has 1 saturated carbocycles. The first-order chi connectivity index (χ1) is 13.4. The van der Waals surface area contributed by atoms with Crippen molar-refractivity contribution in [3.8, 4) is 0 Å². The maximum Gasteiger partial charge on any atom is 0.248 e. The van der Waals surface area contributed by atoms with E-state index >= 15 is 0 Å². The van der Waals surface area contributed by atoms with Gasteiger partial charge in [-0.15, -0.1) is 0 Å². The van der Waals surface area contributed by atoms with Gasteiger partial charge in [0.15, 0.2) is 0 Å². The van der Waals surface area contributed by atoms with Gasteiger partial charge in [0.25, 0.3) is 0 Å². The first kappa shape index (κ1) is 20.3. The topological polar surface area (TPSA) is 91.4 Å². The molecule has 3 rings (SSSR count). The number of rotatable bonds is 4. The van der Waals surface area contributed by atoms with Crippen LogP contribution in [-0.2, 0) is 14.4 Å². The summed E-state index contributed by atoms with van der Waals surface area (Å²) < 4.78 is 0. The Balaban J connectivity index is 1.58. The van der Waals surface area contributed by atoms with E-state index in [1.54, 1.807) is 6.20 Å². The van der Waals surface area contributed by atoms with Gasteiger partial charge in [0.2, 0.25) is 17.7 Å². The van der Waals surface area contributed by atoms with Crippen LogP contribution in [0.2, 0.25) is 0 Å². The molecule has 152 valence electrons. The van der Waals surface area contributed by atoms with Crippen molar-refractivity contribution in [1.29, 1.82) is 0 Å². The number of piperidine rings is 1. The zero-order valence-electron chi connectivity index (χ0n) is 16.8. The van der Waals surface area contributed by atoms with Crippen LogP contribution >= 0.6 is 0 Å². The third-order valence-corrected chi connectivity index (χ3v) is 5.85. The van der Waals surface area contributed by atoms with E-state index < -0.39 is 5.54 Å². The Labute approximate surface area is 166 Å².